The summed E-state index contributed by atoms with van der Waals surface area (Å²) < 4.78 is 18.5. The Hall–Kier alpha value is -2.17. The molecule has 2 aromatic rings. The van der Waals surface area contributed by atoms with Crippen LogP contribution < -0.4 is 0 Å². The van der Waals surface area contributed by atoms with Crippen LogP contribution in [-0.2, 0) is 25.4 Å². The molecular weight excluding hydrogens is 470 g/mol. The Labute approximate surface area is 198 Å². The van der Waals surface area contributed by atoms with Crippen LogP contribution in [0.2, 0.25) is 0 Å². The van der Waals surface area contributed by atoms with Crippen LogP contribution in [-0.4, -0.2) is 120 Å². The summed E-state index contributed by atoms with van der Waals surface area (Å²) >= 11 is 0. The van der Waals surface area contributed by atoms with Gasteiger partial charge in [-0.25, -0.2) is 0 Å². The minimum absolute atomic E-state index is 0.312. The van der Waals surface area contributed by atoms with Crippen LogP contribution >= 0.6 is 0 Å². The van der Waals surface area contributed by atoms with Crippen molar-refractivity contribution in [2.24, 2.45) is 0 Å². The van der Waals surface area contributed by atoms with E-state index in [0.717, 1.165) is 0 Å². The fraction of sp³-hybridized carbons (Fsp3) is 0.591. The lowest BCUT2D eigenvalue weighted by molar-refractivity contribution is -0.348. The van der Waals surface area contributed by atoms with Gasteiger partial charge in [-0.05, 0) is 11.6 Å². The van der Waals surface area contributed by atoms with Crippen LogP contribution in [0.25, 0.3) is 10.9 Å². The van der Waals surface area contributed by atoms with E-state index in [0.29, 0.717) is 16.5 Å². The van der Waals surface area contributed by atoms with Crippen LogP contribution in [0.4, 0.5) is 0 Å². The van der Waals surface area contributed by atoms with Gasteiger partial charge in [-0.3, -0.25) is 4.79 Å². The summed E-state index contributed by atoms with van der Waals surface area (Å²) in [6.45, 7) is -1.35. The number of ether oxygens (including phenoxy) is 3. The number of aromatic nitrogens is 1. The fourth-order valence-corrected chi connectivity index (χ4v) is 4.57. The quantitative estimate of drug-likeness (QED) is 0.192. The van der Waals surface area contributed by atoms with E-state index in [1.54, 1.807) is 24.3 Å². The van der Waals surface area contributed by atoms with Crippen molar-refractivity contribution >= 4 is 16.9 Å². The molecule has 0 aliphatic carbocycles. The van der Waals surface area contributed by atoms with Crippen molar-refractivity contribution in [3.05, 3.63) is 36.0 Å². The predicted molar refractivity (Wildman–Crippen MR) is 115 cm³/mol. The van der Waals surface area contributed by atoms with Gasteiger partial charge in [0, 0.05) is 11.6 Å². The van der Waals surface area contributed by atoms with Crippen LogP contribution in [0.5, 0.6) is 0 Å². The van der Waals surface area contributed by atoms with Gasteiger partial charge in [0.05, 0.1) is 25.2 Å². The number of para-hydroxylation sites is 1. The number of rotatable bonds is 7. The number of nitrogens with zero attached hydrogens (tertiary/aromatic N) is 1. The van der Waals surface area contributed by atoms with E-state index in [1.807, 2.05) is 0 Å². The van der Waals surface area contributed by atoms with Crippen LogP contribution in [0.15, 0.2) is 30.5 Å². The molecule has 1 aromatic carbocycles. The Morgan fingerprint density at radius 3 is 2.17 bits per heavy atom. The van der Waals surface area contributed by atoms with Crippen molar-refractivity contribution < 1.29 is 59.9 Å². The van der Waals surface area contributed by atoms with E-state index in [2.05, 4.69) is 0 Å². The monoisotopic (exact) mass is 499 g/mol. The molecule has 4 rings (SSSR count). The first-order chi connectivity index (χ1) is 16.7. The number of aliphatic hydroxyl groups is 7. The lowest BCUT2D eigenvalue weighted by Gasteiger charge is -2.46. The summed E-state index contributed by atoms with van der Waals surface area (Å²) in [7, 11) is 0. The van der Waals surface area contributed by atoms with E-state index >= 15 is 0 Å². The van der Waals surface area contributed by atoms with E-state index in [-0.39, 0.29) is 6.42 Å². The minimum atomic E-state index is -1.78. The van der Waals surface area contributed by atoms with E-state index in [1.165, 1.54) is 10.8 Å². The van der Waals surface area contributed by atoms with Crippen LogP contribution in [0.3, 0.4) is 0 Å². The van der Waals surface area contributed by atoms with Gasteiger partial charge in [0.1, 0.15) is 48.8 Å². The van der Waals surface area contributed by atoms with Gasteiger partial charge in [-0.1, -0.05) is 18.2 Å². The third-order valence-corrected chi connectivity index (χ3v) is 6.42. The molecule has 13 heteroatoms. The van der Waals surface area contributed by atoms with Gasteiger partial charge < -0.3 is 59.6 Å². The standard InChI is InChI=1S/C22H29NO12/c24-7-12-16(29)18(31)20(35-22-19(32)17(30)15(28)13(8-25)34-22)21(33-12)23-6-9(5-14(26)27)10-3-1-2-4-11(10)23/h1-4,6,12-13,15-22,24-25,28-32H,5,7-8H2,(H,26,27). The summed E-state index contributed by atoms with van der Waals surface area (Å²) in [5.41, 5.74) is 0.945. The first-order valence-corrected chi connectivity index (χ1v) is 11.1. The van der Waals surface area contributed by atoms with E-state index in [4.69, 9.17) is 14.2 Å². The summed E-state index contributed by atoms with van der Waals surface area (Å²) in [6.07, 6.45) is -14.1. The molecule has 2 fully saturated rings. The SMILES string of the molecule is O=C(O)Cc1cn(C2OC(CO)C(O)C(O)C2OC2OC(CO)C(O)C(O)C2O)c2ccccc12. The van der Waals surface area contributed by atoms with Crippen molar-refractivity contribution in [3.63, 3.8) is 0 Å². The maximum Gasteiger partial charge on any atom is 0.307 e. The Balaban J connectivity index is 1.73. The van der Waals surface area contributed by atoms with Gasteiger partial charge in [-0.2, -0.15) is 0 Å². The summed E-state index contributed by atoms with van der Waals surface area (Å²) in [5.74, 6) is -1.07. The normalized spacial score (nSPS) is 38.0. The number of benzene rings is 1. The Bertz CT molecular complexity index is 1030. The Kier molecular flexibility index (Phi) is 7.73. The van der Waals surface area contributed by atoms with Crippen molar-refractivity contribution in [3.8, 4) is 0 Å². The molecule has 3 heterocycles. The molecule has 0 amide bonds. The van der Waals surface area contributed by atoms with Gasteiger partial charge in [0.25, 0.3) is 0 Å². The van der Waals surface area contributed by atoms with E-state index < -0.39 is 80.5 Å². The molecule has 1 aromatic heterocycles. The third kappa shape index (κ3) is 4.80. The highest BCUT2D eigenvalue weighted by atomic mass is 16.7. The summed E-state index contributed by atoms with van der Waals surface area (Å²) in [4.78, 5) is 11.4. The molecule has 2 aliphatic rings. The molecule has 0 radical (unpaired) electrons. The molecule has 35 heavy (non-hydrogen) atoms. The second-order valence-electron chi connectivity index (χ2n) is 8.68. The first-order valence-electron chi connectivity index (χ1n) is 11.1. The zero-order valence-corrected chi connectivity index (χ0v) is 18.4. The average molecular weight is 499 g/mol. The number of hydrogen-bond donors (Lipinski definition) is 8. The molecule has 194 valence electrons. The van der Waals surface area contributed by atoms with Crippen LogP contribution in [0, 0.1) is 0 Å². The molecular formula is C22H29NO12. The zero-order valence-electron chi connectivity index (χ0n) is 18.4. The Morgan fingerprint density at radius 1 is 0.886 bits per heavy atom. The summed E-state index contributed by atoms with van der Waals surface area (Å²) in [5, 5.41) is 80.9. The third-order valence-electron chi connectivity index (χ3n) is 6.42. The fourth-order valence-electron chi connectivity index (χ4n) is 4.57. The Morgan fingerprint density at radius 2 is 1.51 bits per heavy atom. The van der Waals surface area contributed by atoms with Gasteiger partial charge in [0.15, 0.2) is 12.5 Å². The molecule has 10 unspecified atom stereocenters. The maximum absolute atomic E-state index is 11.4. The maximum atomic E-state index is 11.4. The molecule has 0 spiro atoms. The number of aliphatic hydroxyl groups excluding tert-OH is 7. The lowest BCUT2D eigenvalue weighted by atomic mass is 9.96. The highest BCUT2D eigenvalue weighted by Gasteiger charge is 2.51. The molecule has 2 saturated heterocycles. The number of carbonyl (C=O) groups is 1. The molecule has 0 bridgehead atoms. The highest BCUT2D eigenvalue weighted by Crippen LogP contribution is 2.37. The van der Waals surface area contributed by atoms with Gasteiger partial charge in [0.2, 0.25) is 0 Å². The number of fused-ring (bicyclic) bond motifs is 1. The molecule has 2 aliphatic heterocycles. The number of aliphatic carboxylic acids is 1. The summed E-state index contributed by atoms with van der Waals surface area (Å²) in [6, 6.07) is 6.81. The topological polar surface area (TPSA) is 212 Å². The van der Waals surface area contributed by atoms with Crippen molar-refractivity contribution in [2.75, 3.05) is 13.2 Å². The zero-order chi connectivity index (χ0) is 25.4. The highest BCUT2D eigenvalue weighted by molar-refractivity contribution is 5.87. The predicted octanol–water partition coefficient (Wildman–Crippen LogP) is -2.93. The second-order valence-corrected chi connectivity index (χ2v) is 8.68. The first kappa shape index (κ1) is 25.9. The smallest absolute Gasteiger partial charge is 0.307 e. The molecule has 8 N–H and O–H groups in total. The van der Waals surface area contributed by atoms with Crippen molar-refractivity contribution in [1.29, 1.82) is 0 Å². The number of carboxylic acids is 1. The van der Waals surface area contributed by atoms with Crippen LogP contribution in [0.1, 0.15) is 11.8 Å². The number of hydrogen-bond acceptors (Lipinski definition) is 11. The molecule has 0 saturated carbocycles. The number of carboxylic acid groups (broad SMARTS) is 1. The van der Waals surface area contributed by atoms with Crippen molar-refractivity contribution in [2.45, 2.75) is 67.8 Å². The van der Waals surface area contributed by atoms with Gasteiger partial charge >= 0.3 is 5.97 Å². The van der Waals surface area contributed by atoms with E-state index in [9.17, 15) is 45.6 Å². The minimum Gasteiger partial charge on any atom is -0.481 e. The van der Waals surface area contributed by atoms with Gasteiger partial charge in [-0.15, -0.1) is 0 Å². The molecule has 10 atom stereocenters. The average Bonchev–Trinajstić information content (AvgIpc) is 3.20. The van der Waals surface area contributed by atoms with Crippen molar-refractivity contribution in [1.82, 2.24) is 4.57 Å². The molecule has 13 nitrogen and oxygen atoms in total. The second kappa shape index (κ2) is 10.4. The lowest BCUT2D eigenvalue weighted by Crippen LogP contribution is -2.63. The largest absolute Gasteiger partial charge is 0.481 e.